The van der Waals surface area contributed by atoms with Crippen LogP contribution in [0.5, 0.6) is 0 Å². The molecule has 21 heavy (non-hydrogen) atoms. The van der Waals surface area contributed by atoms with E-state index in [1.807, 2.05) is 0 Å². The number of nitrogens with zero attached hydrogens (tertiary/aromatic N) is 2. The van der Waals surface area contributed by atoms with Crippen molar-refractivity contribution in [2.75, 3.05) is 19.6 Å². The molecule has 7 nitrogen and oxygen atoms in total. The van der Waals surface area contributed by atoms with Gasteiger partial charge in [-0.05, 0) is 31.4 Å². The van der Waals surface area contributed by atoms with Crippen molar-refractivity contribution in [1.82, 2.24) is 9.62 Å². The summed E-state index contributed by atoms with van der Waals surface area (Å²) in [5.41, 5.74) is -0.200. The number of hydrogen-bond acceptors (Lipinski definition) is 5. The van der Waals surface area contributed by atoms with Gasteiger partial charge in [-0.3, -0.25) is 10.1 Å². The molecule has 2 aliphatic rings. The third kappa shape index (κ3) is 2.54. The smallest absolute Gasteiger partial charge is 0.270 e. The van der Waals surface area contributed by atoms with Crippen LogP contribution in [0.15, 0.2) is 29.2 Å². The van der Waals surface area contributed by atoms with E-state index < -0.39 is 14.9 Å². The van der Waals surface area contributed by atoms with E-state index in [2.05, 4.69) is 5.32 Å². The average Bonchev–Trinajstić information content (AvgIpc) is 2.95. The number of non-ortho nitro benzene ring substituents is 1. The second kappa shape index (κ2) is 5.36. The Bertz CT molecular complexity index is 661. The third-order valence-corrected chi connectivity index (χ3v) is 6.18. The minimum Gasteiger partial charge on any atom is -0.315 e. The Morgan fingerprint density at radius 3 is 2.90 bits per heavy atom. The summed E-state index contributed by atoms with van der Waals surface area (Å²) in [7, 11) is -3.68. The lowest BCUT2D eigenvalue weighted by Crippen LogP contribution is -2.48. The summed E-state index contributed by atoms with van der Waals surface area (Å²) in [6.07, 6.45) is 1.86. The number of rotatable bonds is 3. The molecule has 2 aliphatic heterocycles. The van der Waals surface area contributed by atoms with Crippen LogP contribution >= 0.6 is 0 Å². The summed E-state index contributed by atoms with van der Waals surface area (Å²) in [4.78, 5) is 10.3. The lowest BCUT2D eigenvalue weighted by Gasteiger charge is -2.35. The zero-order valence-corrected chi connectivity index (χ0v) is 12.3. The van der Waals surface area contributed by atoms with Crippen molar-refractivity contribution in [3.63, 3.8) is 0 Å². The average molecular weight is 311 g/mol. The van der Waals surface area contributed by atoms with E-state index in [-0.39, 0.29) is 16.6 Å². The fourth-order valence-electron chi connectivity index (χ4n) is 3.22. The fourth-order valence-corrected chi connectivity index (χ4v) is 4.98. The molecule has 114 valence electrons. The number of fused-ring (bicyclic) bond motifs is 1. The van der Waals surface area contributed by atoms with Crippen LogP contribution in [0.1, 0.15) is 12.8 Å². The van der Waals surface area contributed by atoms with Gasteiger partial charge in [0.1, 0.15) is 0 Å². The van der Waals surface area contributed by atoms with Gasteiger partial charge >= 0.3 is 0 Å². The minimum atomic E-state index is -3.68. The van der Waals surface area contributed by atoms with E-state index in [1.54, 1.807) is 0 Å². The summed E-state index contributed by atoms with van der Waals surface area (Å²) in [6, 6.07) is 5.24. The van der Waals surface area contributed by atoms with Crippen molar-refractivity contribution in [2.24, 2.45) is 5.92 Å². The van der Waals surface area contributed by atoms with E-state index in [1.165, 1.54) is 22.5 Å². The van der Waals surface area contributed by atoms with E-state index in [4.69, 9.17) is 0 Å². The van der Waals surface area contributed by atoms with Crippen LogP contribution in [-0.2, 0) is 10.0 Å². The van der Waals surface area contributed by atoms with Crippen molar-refractivity contribution in [3.8, 4) is 0 Å². The van der Waals surface area contributed by atoms with Crippen molar-refractivity contribution in [2.45, 2.75) is 23.8 Å². The van der Waals surface area contributed by atoms with Crippen LogP contribution in [0.4, 0.5) is 5.69 Å². The molecular weight excluding hydrogens is 294 g/mol. The molecule has 1 aromatic carbocycles. The molecule has 2 saturated heterocycles. The molecule has 0 aromatic heterocycles. The molecule has 1 N–H and O–H groups in total. The van der Waals surface area contributed by atoms with Gasteiger partial charge < -0.3 is 5.32 Å². The maximum absolute atomic E-state index is 12.8. The van der Waals surface area contributed by atoms with Crippen molar-refractivity contribution >= 4 is 15.7 Å². The Hall–Kier alpha value is -1.51. The van der Waals surface area contributed by atoms with Crippen LogP contribution in [0.2, 0.25) is 0 Å². The summed E-state index contributed by atoms with van der Waals surface area (Å²) >= 11 is 0. The molecule has 1 aromatic rings. The SMILES string of the molecule is O=[N+]([O-])c1cccc(S(=O)(=O)N2CCCC3CNCC32)c1. The van der Waals surface area contributed by atoms with Crippen LogP contribution in [-0.4, -0.2) is 43.3 Å². The Morgan fingerprint density at radius 1 is 1.33 bits per heavy atom. The summed E-state index contributed by atoms with van der Waals surface area (Å²) in [6.45, 7) is 1.97. The number of nitro benzene ring substituents is 1. The largest absolute Gasteiger partial charge is 0.315 e. The summed E-state index contributed by atoms with van der Waals surface area (Å²) in [5.74, 6) is 0.340. The fraction of sp³-hybridized carbons (Fsp3) is 0.538. The highest BCUT2D eigenvalue weighted by Crippen LogP contribution is 2.32. The molecule has 0 aliphatic carbocycles. The maximum Gasteiger partial charge on any atom is 0.270 e. The lowest BCUT2D eigenvalue weighted by molar-refractivity contribution is -0.385. The van der Waals surface area contributed by atoms with Gasteiger partial charge in [0.05, 0.1) is 9.82 Å². The quantitative estimate of drug-likeness (QED) is 0.663. The number of piperidine rings is 1. The van der Waals surface area contributed by atoms with Crippen molar-refractivity contribution in [3.05, 3.63) is 34.4 Å². The van der Waals surface area contributed by atoms with E-state index >= 15 is 0 Å². The number of hydrogen-bond donors (Lipinski definition) is 1. The van der Waals surface area contributed by atoms with Crippen LogP contribution in [0.3, 0.4) is 0 Å². The Labute approximate surface area is 123 Å². The zero-order valence-electron chi connectivity index (χ0n) is 11.4. The first-order valence-electron chi connectivity index (χ1n) is 6.97. The van der Waals surface area contributed by atoms with Crippen molar-refractivity contribution in [1.29, 1.82) is 0 Å². The first kappa shape index (κ1) is 14.4. The Morgan fingerprint density at radius 2 is 2.14 bits per heavy atom. The van der Waals surface area contributed by atoms with Gasteiger partial charge in [-0.15, -0.1) is 0 Å². The highest BCUT2D eigenvalue weighted by Gasteiger charge is 2.41. The van der Waals surface area contributed by atoms with Gasteiger partial charge in [0.25, 0.3) is 5.69 Å². The highest BCUT2D eigenvalue weighted by molar-refractivity contribution is 7.89. The number of nitro groups is 1. The number of benzene rings is 1. The van der Waals surface area contributed by atoms with Crippen molar-refractivity contribution < 1.29 is 13.3 Å². The predicted molar refractivity (Wildman–Crippen MR) is 76.4 cm³/mol. The maximum atomic E-state index is 12.8. The van der Waals surface area contributed by atoms with Crippen LogP contribution in [0.25, 0.3) is 0 Å². The molecule has 0 saturated carbocycles. The molecule has 3 rings (SSSR count). The van der Waals surface area contributed by atoms with Gasteiger partial charge in [0.2, 0.25) is 10.0 Å². The highest BCUT2D eigenvalue weighted by atomic mass is 32.2. The molecule has 2 unspecified atom stereocenters. The van der Waals surface area contributed by atoms with Gasteiger partial charge in [0, 0.05) is 31.3 Å². The predicted octanol–water partition coefficient (Wildman–Crippen LogP) is 0.967. The zero-order chi connectivity index (χ0) is 15.0. The first-order valence-corrected chi connectivity index (χ1v) is 8.41. The van der Waals surface area contributed by atoms with Gasteiger partial charge in [-0.25, -0.2) is 8.42 Å². The van der Waals surface area contributed by atoms with Gasteiger partial charge in [-0.2, -0.15) is 4.31 Å². The first-order chi connectivity index (χ1) is 10.00. The topological polar surface area (TPSA) is 92.5 Å². The Balaban J connectivity index is 1.96. The number of sulfonamides is 1. The second-order valence-corrected chi connectivity index (χ2v) is 7.39. The normalized spacial score (nSPS) is 26.5. The second-order valence-electron chi connectivity index (χ2n) is 5.50. The molecule has 2 fully saturated rings. The van der Waals surface area contributed by atoms with E-state index in [0.29, 0.717) is 19.0 Å². The molecule has 0 bridgehead atoms. The molecule has 0 amide bonds. The molecule has 2 atom stereocenters. The van der Waals surface area contributed by atoms with Gasteiger partial charge in [0.15, 0.2) is 0 Å². The Kier molecular flexibility index (Phi) is 3.68. The molecule has 8 heteroatoms. The summed E-state index contributed by atoms with van der Waals surface area (Å²) < 4.78 is 27.1. The standard InChI is InChI=1S/C13H17N3O4S/c17-16(18)11-4-1-5-12(7-11)21(19,20)15-6-2-3-10-8-14-9-13(10)15/h1,4-5,7,10,13-14H,2-3,6,8-9H2. The molecule has 2 heterocycles. The molecule has 0 radical (unpaired) electrons. The molecular formula is C13H17N3O4S. The van der Waals surface area contributed by atoms with Crippen LogP contribution < -0.4 is 5.32 Å². The lowest BCUT2D eigenvalue weighted by atomic mass is 9.94. The van der Waals surface area contributed by atoms with E-state index in [0.717, 1.165) is 25.5 Å². The monoisotopic (exact) mass is 311 g/mol. The minimum absolute atomic E-state index is 0.00394. The number of nitrogens with one attached hydrogen (secondary N) is 1. The van der Waals surface area contributed by atoms with Crippen LogP contribution in [0, 0.1) is 16.0 Å². The van der Waals surface area contributed by atoms with E-state index in [9.17, 15) is 18.5 Å². The van der Waals surface area contributed by atoms with Gasteiger partial charge in [-0.1, -0.05) is 6.07 Å². The summed E-state index contributed by atoms with van der Waals surface area (Å²) in [5, 5.41) is 14.1. The molecule has 0 spiro atoms. The third-order valence-electron chi connectivity index (χ3n) is 4.26.